The maximum absolute atomic E-state index is 5.27. The molecule has 5 nitrogen and oxygen atoms in total. The molecule has 1 aliphatic heterocycles. The highest BCUT2D eigenvalue weighted by atomic mass is 16.5. The zero-order chi connectivity index (χ0) is 14.1. The Morgan fingerprint density at radius 3 is 2.60 bits per heavy atom. The SMILES string of the molecule is COc1ccc2c(c1)nc(CN1CCN(C)CC1)n2C. The molecule has 0 saturated carbocycles. The van der Waals surface area contributed by atoms with E-state index in [9.17, 15) is 0 Å². The number of imidazole rings is 1. The first-order valence-electron chi connectivity index (χ1n) is 7.07. The number of aryl methyl sites for hydroxylation is 1. The number of rotatable bonds is 3. The summed E-state index contributed by atoms with van der Waals surface area (Å²) in [5.41, 5.74) is 2.17. The molecule has 1 aromatic carbocycles. The molecule has 3 rings (SSSR count). The van der Waals surface area contributed by atoms with Crippen LogP contribution >= 0.6 is 0 Å². The number of ether oxygens (including phenoxy) is 1. The van der Waals surface area contributed by atoms with E-state index in [1.165, 1.54) is 0 Å². The number of benzene rings is 1. The molecule has 0 unspecified atom stereocenters. The van der Waals surface area contributed by atoms with Gasteiger partial charge in [0.05, 0.1) is 24.7 Å². The Hall–Kier alpha value is -1.59. The van der Waals surface area contributed by atoms with Gasteiger partial charge in [0.25, 0.3) is 0 Å². The third-order valence-corrected chi connectivity index (χ3v) is 4.14. The lowest BCUT2D eigenvalue weighted by Crippen LogP contribution is -2.44. The summed E-state index contributed by atoms with van der Waals surface area (Å²) in [5.74, 6) is 1.99. The van der Waals surface area contributed by atoms with E-state index in [-0.39, 0.29) is 0 Å². The van der Waals surface area contributed by atoms with Crippen molar-refractivity contribution in [3.05, 3.63) is 24.0 Å². The minimum atomic E-state index is 0.863. The van der Waals surface area contributed by atoms with Crippen molar-refractivity contribution < 1.29 is 4.74 Å². The second-order valence-corrected chi connectivity index (χ2v) is 5.52. The van der Waals surface area contributed by atoms with Crippen LogP contribution in [-0.2, 0) is 13.6 Å². The van der Waals surface area contributed by atoms with Gasteiger partial charge in [-0.15, -0.1) is 0 Å². The molecule has 2 aromatic rings. The van der Waals surface area contributed by atoms with Gasteiger partial charge in [-0.2, -0.15) is 0 Å². The van der Waals surface area contributed by atoms with Crippen LogP contribution in [0.15, 0.2) is 18.2 Å². The third kappa shape index (κ3) is 2.51. The first kappa shape index (κ1) is 13.4. The number of hydrogen-bond acceptors (Lipinski definition) is 4. The molecule has 0 atom stereocenters. The first-order valence-corrected chi connectivity index (χ1v) is 7.07. The monoisotopic (exact) mass is 274 g/mol. The molecule has 0 amide bonds. The Labute approximate surface area is 119 Å². The van der Waals surface area contributed by atoms with E-state index in [1.54, 1.807) is 7.11 Å². The Kier molecular flexibility index (Phi) is 3.63. The quantitative estimate of drug-likeness (QED) is 0.845. The Bertz CT molecular complexity index is 599. The number of fused-ring (bicyclic) bond motifs is 1. The van der Waals surface area contributed by atoms with Crippen molar-refractivity contribution in [2.75, 3.05) is 40.3 Å². The van der Waals surface area contributed by atoms with Gasteiger partial charge >= 0.3 is 0 Å². The second-order valence-electron chi connectivity index (χ2n) is 5.52. The van der Waals surface area contributed by atoms with Crippen LogP contribution in [0.5, 0.6) is 5.75 Å². The number of hydrogen-bond donors (Lipinski definition) is 0. The van der Waals surface area contributed by atoms with E-state index >= 15 is 0 Å². The Morgan fingerprint density at radius 1 is 1.15 bits per heavy atom. The van der Waals surface area contributed by atoms with Gasteiger partial charge < -0.3 is 14.2 Å². The number of likely N-dealkylation sites (N-methyl/N-ethyl adjacent to an activating group) is 1. The fourth-order valence-corrected chi connectivity index (χ4v) is 2.70. The van der Waals surface area contributed by atoms with Gasteiger partial charge in [-0.05, 0) is 19.2 Å². The molecular formula is C15H22N4O. The molecule has 0 aliphatic carbocycles. The predicted molar refractivity (Wildman–Crippen MR) is 80.0 cm³/mol. The Balaban J connectivity index is 1.82. The number of aromatic nitrogens is 2. The molecule has 0 spiro atoms. The fraction of sp³-hybridized carbons (Fsp3) is 0.533. The van der Waals surface area contributed by atoms with E-state index in [0.29, 0.717) is 0 Å². The van der Waals surface area contributed by atoms with E-state index < -0.39 is 0 Å². The highest BCUT2D eigenvalue weighted by molar-refractivity contribution is 5.77. The average molecular weight is 274 g/mol. The zero-order valence-corrected chi connectivity index (χ0v) is 12.5. The molecular weight excluding hydrogens is 252 g/mol. The van der Waals surface area contributed by atoms with Crippen molar-refractivity contribution in [1.82, 2.24) is 19.4 Å². The lowest BCUT2D eigenvalue weighted by Gasteiger charge is -2.31. The van der Waals surface area contributed by atoms with Crippen molar-refractivity contribution in [3.63, 3.8) is 0 Å². The third-order valence-electron chi connectivity index (χ3n) is 4.14. The summed E-state index contributed by atoms with van der Waals surface area (Å²) >= 11 is 0. The molecule has 108 valence electrons. The van der Waals surface area contributed by atoms with Crippen LogP contribution in [0.4, 0.5) is 0 Å². The summed E-state index contributed by atoms with van der Waals surface area (Å²) in [4.78, 5) is 9.60. The van der Waals surface area contributed by atoms with Gasteiger partial charge in [0, 0.05) is 39.3 Å². The van der Waals surface area contributed by atoms with Gasteiger partial charge in [0.2, 0.25) is 0 Å². The first-order chi connectivity index (χ1) is 9.67. The summed E-state index contributed by atoms with van der Waals surface area (Å²) in [6, 6.07) is 6.07. The molecule has 0 N–H and O–H groups in total. The number of methoxy groups -OCH3 is 1. The minimum Gasteiger partial charge on any atom is -0.497 e. The van der Waals surface area contributed by atoms with Gasteiger partial charge in [-0.25, -0.2) is 4.98 Å². The van der Waals surface area contributed by atoms with E-state index in [4.69, 9.17) is 9.72 Å². The largest absolute Gasteiger partial charge is 0.497 e. The van der Waals surface area contributed by atoms with Crippen LogP contribution in [-0.4, -0.2) is 59.7 Å². The van der Waals surface area contributed by atoms with Gasteiger partial charge in [0.15, 0.2) is 0 Å². The van der Waals surface area contributed by atoms with Gasteiger partial charge in [-0.3, -0.25) is 4.90 Å². The Morgan fingerprint density at radius 2 is 1.90 bits per heavy atom. The maximum atomic E-state index is 5.27. The van der Waals surface area contributed by atoms with Crippen LogP contribution in [0, 0.1) is 0 Å². The van der Waals surface area contributed by atoms with Gasteiger partial charge in [-0.1, -0.05) is 0 Å². The molecule has 20 heavy (non-hydrogen) atoms. The smallest absolute Gasteiger partial charge is 0.123 e. The second kappa shape index (κ2) is 5.42. The summed E-state index contributed by atoms with van der Waals surface area (Å²) in [6.07, 6.45) is 0. The lowest BCUT2D eigenvalue weighted by molar-refractivity contribution is 0.144. The molecule has 1 aliphatic rings. The van der Waals surface area contributed by atoms with Crippen LogP contribution in [0.3, 0.4) is 0 Å². The number of piperazine rings is 1. The van der Waals surface area contributed by atoms with Crippen LogP contribution in [0.1, 0.15) is 5.82 Å². The maximum Gasteiger partial charge on any atom is 0.123 e. The highest BCUT2D eigenvalue weighted by Gasteiger charge is 2.17. The van der Waals surface area contributed by atoms with Crippen molar-refractivity contribution in [1.29, 1.82) is 0 Å². The summed E-state index contributed by atoms with van der Waals surface area (Å²) in [7, 11) is 5.96. The highest BCUT2D eigenvalue weighted by Crippen LogP contribution is 2.21. The van der Waals surface area contributed by atoms with Crippen molar-refractivity contribution in [2.45, 2.75) is 6.54 Å². The standard InChI is InChI=1S/C15H22N4O/c1-17-6-8-19(9-7-17)11-15-16-13-10-12(20-3)4-5-14(13)18(15)2/h4-5,10H,6-9,11H2,1-3H3. The molecule has 1 saturated heterocycles. The molecule has 0 bridgehead atoms. The topological polar surface area (TPSA) is 33.5 Å². The van der Waals surface area contributed by atoms with E-state index in [1.807, 2.05) is 12.1 Å². The van der Waals surface area contributed by atoms with E-state index in [0.717, 1.165) is 55.3 Å². The fourth-order valence-electron chi connectivity index (χ4n) is 2.70. The predicted octanol–water partition coefficient (Wildman–Crippen LogP) is 1.33. The minimum absolute atomic E-state index is 0.863. The lowest BCUT2D eigenvalue weighted by atomic mass is 10.3. The molecule has 1 aromatic heterocycles. The van der Waals surface area contributed by atoms with Crippen molar-refractivity contribution in [3.8, 4) is 5.75 Å². The number of nitrogens with zero attached hydrogens (tertiary/aromatic N) is 4. The normalized spacial score (nSPS) is 17.8. The molecule has 0 radical (unpaired) electrons. The molecule has 5 heteroatoms. The summed E-state index contributed by atoms with van der Waals surface area (Å²) in [6.45, 7) is 5.42. The van der Waals surface area contributed by atoms with Crippen LogP contribution < -0.4 is 4.74 Å². The molecule has 2 heterocycles. The molecule has 1 fully saturated rings. The van der Waals surface area contributed by atoms with Gasteiger partial charge in [0.1, 0.15) is 11.6 Å². The van der Waals surface area contributed by atoms with Crippen molar-refractivity contribution in [2.24, 2.45) is 7.05 Å². The van der Waals surface area contributed by atoms with Crippen molar-refractivity contribution >= 4 is 11.0 Å². The summed E-state index contributed by atoms with van der Waals surface area (Å²) in [5, 5.41) is 0. The van der Waals surface area contributed by atoms with E-state index in [2.05, 4.69) is 34.5 Å². The summed E-state index contributed by atoms with van der Waals surface area (Å²) < 4.78 is 7.46. The van der Waals surface area contributed by atoms with Crippen LogP contribution in [0.25, 0.3) is 11.0 Å². The van der Waals surface area contributed by atoms with Crippen LogP contribution in [0.2, 0.25) is 0 Å². The zero-order valence-electron chi connectivity index (χ0n) is 12.5. The average Bonchev–Trinajstić information content (AvgIpc) is 2.77.